The van der Waals surface area contributed by atoms with Crippen molar-refractivity contribution >= 4 is 28.8 Å². The van der Waals surface area contributed by atoms with Crippen molar-refractivity contribution in [2.24, 2.45) is 0 Å². The Morgan fingerprint density at radius 1 is 1.20 bits per heavy atom. The third-order valence-corrected chi connectivity index (χ3v) is 4.24. The van der Waals surface area contributed by atoms with Gasteiger partial charge in [0.1, 0.15) is 0 Å². The van der Waals surface area contributed by atoms with Crippen molar-refractivity contribution in [1.29, 1.82) is 0 Å². The third-order valence-electron chi connectivity index (χ3n) is 3.47. The van der Waals surface area contributed by atoms with Gasteiger partial charge >= 0.3 is 0 Å². The maximum atomic E-state index is 11.9. The lowest BCUT2D eigenvalue weighted by molar-refractivity contribution is -0.116. The van der Waals surface area contributed by atoms with Crippen molar-refractivity contribution in [1.82, 2.24) is 10.3 Å². The quantitative estimate of drug-likeness (QED) is 0.709. The third kappa shape index (κ3) is 4.54. The molecule has 6 nitrogen and oxygen atoms in total. The van der Waals surface area contributed by atoms with Gasteiger partial charge in [-0.3, -0.25) is 9.59 Å². The zero-order valence-electron chi connectivity index (χ0n) is 13.6. The average molecular weight is 355 g/mol. The number of rotatable bonds is 6. The monoisotopic (exact) mass is 355 g/mol. The molecule has 0 bridgehead atoms. The first kappa shape index (κ1) is 16.9. The molecule has 1 aromatic carbocycles. The van der Waals surface area contributed by atoms with Crippen LogP contribution >= 0.6 is 11.3 Å². The molecule has 0 saturated heterocycles. The Hall–Kier alpha value is -2.93. The predicted molar refractivity (Wildman–Crippen MR) is 96.6 cm³/mol. The Bertz CT molecular complexity index is 854. The number of benzene rings is 1. The number of aromatic nitrogens is 1. The molecular weight excluding hydrogens is 338 g/mol. The van der Waals surface area contributed by atoms with Gasteiger partial charge in [0.25, 0.3) is 5.91 Å². The minimum atomic E-state index is -0.333. The van der Waals surface area contributed by atoms with Crippen LogP contribution in [-0.2, 0) is 4.79 Å². The average Bonchev–Trinajstić information content (AvgIpc) is 3.27. The minimum absolute atomic E-state index is 0.169. The molecule has 0 spiro atoms. The first-order valence-corrected chi connectivity index (χ1v) is 8.64. The lowest BCUT2D eigenvalue weighted by atomic mass is 10.1. The molecule has 0 saturated carbocycles. The summed E-state index contributed by atoms with van der Waals surface area (Å²) in [6, 6.07) is 10.7. The topological polar surface area (TPSA) is 84.2 Å². The second-order valence-corrected chi connectivity index (χ2v) is 6.42. The summed E-state index contributed by atoms with van der Waals surface area (Å²) in [6.07, 6.45) is 1.61. The predicted octanol–water partition coefficient (Wildman–Crippen LogP) is 3.47. The van der Waals surface area contributed by atoms with E-state index in [0.29, 0.717) is 5.69 Å². The Morgan fingerprint density at radius 3 is 2.64 bits per heavy atom. The lowest BCUT2D eigenvalue weighted by Gasteiger charge is -2.06. The van der Waals surface area contributed by atoms with E-state index in [1.165, 1.54) is 6.26 Å². The van der Waals surface area contributed by atoms with Gasteiger partial charge in [-0.25, -0.2) is 4.98 Å². The number of thiazole rings is 1. The number of nitrogens with zero attached hydrogens (tertiary/aromatic N) is 1. The van der Waals surface area contributed by atoms with Gasteiger partial charge in [-0.15, -0.1) is 11.3 Å². The van der Waals surface area contributed by atoms with E-state index in [1.54, 1.807) is 23.5 Å². The molecular formula is C18H17N3O3S. The Balaban J connectivity index is 1.47. The van der Waals surface area contributed by atoms with Crippen LogP contribution in [0.2, 0.25) is 0 Å². The molecule has 0 aliphatic rings. The second kappa shape index (κ2) is 7.76. The maximum Gasteiger partial charge on any atom is 0.286 e. The number of nitrogens with one attached hydrogen (secondary N) is 2. The summed E-state index contributed by atoms with van der Waals surface area (Å²) < 4.78 is 4.98. The van der Waals surface area contributed by atoms with Crippen molar-refractivity contribution in [3.63, 3.8) is 0 Å². The van der Waals surface area contributed by atoms with Crippen molar-refractivity contribution in [2.45, 2.75) is 13.3 Å². The maximum absolute atomic E-state index is 11.9. The van der Waals surface area contributed by atoms with Crippen LogP contribution in [0.15, 0.2) is 52.5 Å². The fourth-order valence-electron chi connectivity index (χ4n) is 2.23. The molecule has 7 heteroatoms. The number of aryl methyl sites for hydroxylation is 1. The fourth-order valence-corrected chi connectivity index (χ4v) is 2.85. The zero-order chi connectivity index (χ0) is 17.6. The summed E-state index contributed by atoms with van der Waals surface area (Å²) in [6.45, 7) is 2.20. The van der Waals surface area contributed by atoms with Crippen LogP contribution in [0.1, 0.15) is 22.0 Å². The van der Waals surface area contributed by atoms with Crippen molar-refractivity contribution in [2.75, 3.05) is 11.9 Å². The molecule has 128 valence electrons. The van der Waals surface area contributed by atoms with E-state index in [2.05, 4.69) is 15.6 Å². The van der Waals surface area contributed by atoms with Crippen molar-refractivity contribution < 1.29 is 14.0 Å². The summed E-state index contributed by atoms with van der Waals surface area (Å²) in [5.74, 6) is -0.272. The SMILES string of the molecule is Cc1nc(-c2ccc(NC(=O)CCNC(=O)c3ccco3)cc2)cs1. The van der Waals surface area contributed by atoms with Gasteiger partial charge in [0.2, 0.25) is 5.91 Å². The Labute approximate surface area is 148 Å². The molecule has 0 radical (unpaired) electrons. The van der Waals surface area contributed by atoms with Crippen molar-refractivity contribution in [3.05, 3.63) is 58.8 Å². The summed E-state index contributed by atoms with van der Waals surface area (Å²) in [5.41, 5.74) is 2.65. The fraction of sp³-hybridized carbons (Fsp3) is 0.167. The lowest BCUT2D eigenvalue weighted by Crippen LogP contribution is -2.27. The minimum Gasteiger partial charge on any atom is -0.459 e. The Kier molecular flexibility index (Phi) is 5.25. The number of carbonyl (C=O) groups is 2. The van der Waals surface area contributed by atoms with E-state index in [9.17, 15) is 9.59 Å². The van der Waals surface area contributed by atoms with Crippen LogP contribution in [0.3, 0.4) is 0 Å². The van der Waals surface area contributed by atoms with E-state index in [-0.39, 0.29) is 30.5 Å². The van der Waals surface area contributed by atoms with Crippen LogP contribution in [0, 0.1) is 6.92 Å². The highest BCUT2D eigenvalue weighted by molar-refractivity contribution is 7.09. The standard InChI is InChI=1S/C18H17N3O3S/c1-12-20-15(11-25-12)13-4-6-14(7-5-13)21-17(22)8-9-19-18(23)16-3-2-10-24-16/h2-7,10-11H,8-9H2,1H3,(H,19,23)(H,21,22). The first-order chi connectivity index (χ1) is 12.1. The number of hydrogen-bond acceptors (Lipinski definition) is 5. The smallest absolute Gasteiger partial charge is 0.286 e. The van der Waals surface area contributed by atoms with Crippen molar-refractivity contribution in [3.8, 4) is 11.3 Å². The van der Waals surface area contributed by atoms with Gasteiger partial charge in [0, 0.05) is 29.6 Å². The summed E-state index contributed by atoms with van der Waals surface area (Å²) >= 11 is 1.60. The van der Waals surface area contributed by atoms with Gasteiger partial charge in [-0.1, -0.05) is 12.1 Å². The molecule has 2 amide bonds. The van der Waals surface area contributed by atoms with Crippen LogP contribution in [-0.4, -0.2) is 23.3 Å². The number of carbonyl (C=O) groups excluding carboxylic acids is 2. The number of hydrogen-bond donors (Lipinski definition) is 2. The van der Waals surface area contributed by atoms with E-state index in [1.807, 2.05) is 36.6 Å². The van der Waals surface area contributed by atoms with E-state index in [0.717, 1.165) is 16.3 Å². The zero-order valence-corrected chi connectivity index (χ0v) is 14.4. The van der Waals surface area contributed by atoms with Gasteiger partial charge in [-0.2, -0.15) is 0 Å². The highest BCUT2D eigenvalue weighted by Crippen LogP contribution is 2.23. The second-order valence-electron chi connectivity index (χ2n) is 5.36. The van der Waals surface area contributed by atoms with Crippen LogP contribution in [0.25, 0.3) is 11.3 Å². The molecule has 3 aromatic rings. The summed E-state index contributed by atoms with van der Waals surface area (Å²) in [4.78, 5) is 28.1. The first-order valence-electron chi connectivity index (χ1n) is 7.76. The number of furan rings is 1. The van der Waals surface area contributed by atoms with E-state index < -0.39 is 0 Å². The highest BCUT2D eigenvalue weighted by atomic mass is 32.1. The van der Waals surface area contributed by atoms with E-state index in [4.69, 9.17) is 4.42 Å². The summed E-state index contributed by atoms with van der Waals surface area (Å²) in [5, 5.41) is 8.46. The van der Waals surface area contributed by atoms with Gasteiger partial charge in [0.05, 0.1) is 17.0 Å². The molecule has 0 fully saturated rings. The molecule has 0 aliphatic heterocycles. The van der Waals surface area contributed by atoms with Gasteiger partial charge in [0.15, 0.2) is 5.76 Å². The summed E-state index contributed by atoms with van der Waals surface area (Å²) in [7, 11) is 0. The normalized spacial score (nSPS) is 10.4. The molecule has 0 aliphatic carbocycles. The molecule has 2 N–H and O–H groups in total. The van der Waals surface area contributed by atoms with Crippen LogP contribution in [0.4, 0.5) is 5.69 Å². The van der Waals surface area contributed by atoms with E-state index >= 15 is 0 Å². The largest absolute Gasteiger partial charge is 0.459 e. The number of amides is 2. The van der Waals surface area contributed by atoms with Crippen LogP contribution < -0.4 is 10.6 Å². The number of anilines is 1. The van der Waals surface area contributed by atoms with Gasteiger partial charge in [-0.05, 0) is 31.2 Å². The molecule has 25 heavy (non-hydrogen) atoms. The van der Waals surface area contributed by atoms with Crippen LogP contribution in [0.5, 0.6) is 0 Å². The molecule has 2 heterocycles. The molecule has 3 rings (SSSR count). The van der Waals surface area contributed by atoms with Gasteiger partial charge < -0.3 is 15.1 Å². The molecule has 2 aromatic heterocycles. The molecule has 0 atom stereocenters. The molecule has 0 unspecified atom stereocenters. The highest BCUT2D eigenvalue weighted by Gasteiger charge is 2.09. The Morgan fingerprint density at radius 2 is 2.00 bits per heavy atom.